The van der Waals surface area contributed by atoms with Crippen LogP contribution >= 0.6 is 0 Å². The molecule has 31 heavy (non-hydrogen) atoms. The van der Waals surface area contributed by atoms with E-state index in [4.69, 9.17) is 4.74 Å². The molecule has 168 valence electrons. The number of rotatable bonds is 11. The molecule has 0 aromatic heterocycles. The molecular formula is C26H36N2O3. The van der Waals surface area contributed by atoms with Crippen molar-refractivity contribution in [1.29, 1.82) is 0 Å². The number of nitrogens with zero attached hydrogens (tertiary/aromatic N) is 1. The molecule has 5 heteroatoms. The zero-order valence-corrected chi connectivity index (χ0v) is 19.5. The highest BCUT2D eigenvalue weighted by molar-refractivity contribution is 5.87. The van der Waals surface area contributed by atoms with Crippen molar-refractivity contribution in [2.75, 3.05) is 7.11 Å². The van der Waals surface area contributed by atoms with Crippen LogP contribution in [0.3, 0.4) is 0 Å². The summed E-state index contributed by atoms with van der Waals surface area (Å²) >= 11 is 0. The predicted octanol–water partition coefficient (Wildman–Crippen LogP) is 4.52. The fourth-order valence-corrected chi connectivity index (χ4v) is 3.35. The Morgan fingerprint density at radius 3 is 2.29 bits per heavy atom. The highest BCUT2D eigenvalue weighted by Gasteiger charge is 2.26. The van der Waals surface area contributed by atoms with Gasteiger partial charge in [0.15, 0.2) is 0 Å². The Labute approximate surface area is 186 Å². The molecule has 5 nitrogen and oxygen atoms in total. The van der Waals surface area contributed by atoms with Gasteiger partial charge in [-0.3, -0.25) is 9.59 Å². The number of amides is 2. The summed E-state index contributed by atoms with van der Waals surface area (Å²) in [6.07, 6.45) is 2.85. The van der Waals surface area contributed by atoms with Gasteiger partial charge < -0.3 is 15.0 Å². The molecule has 2 atom stereocenters. The lowest BCUT2D eigenvalue weighted by Gasteiger charge is -2.30. The van der Waals surface area contributed by atoms with Crippen LogP contribution in [0.1, 0.15) is 57.2 Å². The van der Waals surface area contributed by atoms with Crippen LogP contribution in [0.5, 0.6) is 5.75 Å². The lowest BCUT2D eigenvalue weighted by Crippen LogP contribution is -2.49. The van der Waals surface area contributed by atoms with E-state index in [1.807, 2.05) is 38.1 Å². The highest BCUT2D eigenvalue weighted by Crippen LogP contribution is 2.18. The first-order chi connectivity index (χ1) is 14.9. The van der Waals surface area contributed by atoms with E-state index in [2.05, 4.69) is 36.5 Å². The van der Waals surface area contributed by atoms with Crippen molar-refractivity contribution in [2.45, 2.75) is 72.0 Å². The minimum absolute atomic E-state index is 0.0332. The minimum Gasteiger partial charge on any atom is -0.497 e. The second-order valence-corrected chi connectivity index (χ2v) is 8.04. The Hall–Kier alpha value is -2.82. The van der Waals surface area contributed by atoms with Gasteiger partial charge in [0.2, 0.25) is 11.8 Å². The van der Waals surface area contributed by atoms with Gasteiger partial charge in [0.05, 0.1) is 7.11 Å². The van der Waals surface area contributed by atoms with Gasteiger partial charge in [-0.05, 0) is 61.9 Å². The second-order valence-electron chi connectivity index (χ2n) is 8.04. The third-order valence-electron chi connectivity index (χ3n) is 5.71. The molecule has 0 heterocycles. The number of carbonyl (C=O) groups excluding carboxylic acids is 2. The van der Waals surface area contributed by atoms with Crippen LogP contribution in [0.4, 0.5) is 0 Å². The number of ether oxygens (including phenoxy) is 1. The van der Waals surface area contributed by atoms with E-state index in [-0.39, 0.29) is 17.9 Å². The molecule has 2 aromatic rings. The van der Waals surface area contributed by atoms with E-state index < -0.39 is 6.04 Å². The fourth-order valence-electron chi connectivity index (χ4n) is 3.35. The zero-order chi connectivity index (χ0) is 22.8. The van der Waals surface area contributed by atoms with Crippen molar-refractivity contribution >= 4 is 11.8 Å². The maximum Gasteiger partial charge on any atom is 0.242 e. The topological polar surface area (TPSA) is 58.6 Å². The van der Waals surface area contributed by atoms with Crippen LogP contribution in [0.2, 0.25) is 0 Å². The van der Waals surface area contributed by atoms with Gasteiger partial charge >= 0.3 is 0 Å². The molecule has 0 aliphatic rings. The molecule has 2 amide bonds. The molecule has 0 saturated carbocycles. The molecule has 0 spiro atoms. The van der Waals surface area contributed by atoms with Gasteiger partial charge in [0, 0.05) is 19.0 Å². The average molecular weight is 425 g/mol. The van der Waals surface area contributed by atoms with Crippen molar-refractivity contribution in [1.82, 2.24) is 10.2 Å². The number of carbonyl (C=O) groups is 2. The van der Waals surface area contributed by atoms with E-state index in [0.717, 1.165) is 29.7 Å². The molecule has 0 unspecified atom stereocenters. The van der Waals surface area contributed by atoms with E-state index >= 15 is 0 Å². The van der Waals surface area contributed by atoms with Crippen LogP contribution in [0, 0.1) is 0 Å². The summed E-state index contributed by atoms with van der Waals surface area (Å²) in [7, 11) is 1.62. The van der Waals surface area contributed by atoms with Crippen LogP contribution in [-0.4, -0.2) is 35.9 Å². The average Bonchev–Trinajstić information content (AvgIpc) is 2.80. The van der Waals surface area contributed by atoms with Gasteiger partial charge in [-0.2, -0.15) is 0 Å². The smallest absolute Gasteiger partial charge is 0.242 e. The van der Waals surface area contributed by atoms with E-state index in [1.165, 1.54) is 5.56 Å². The van der Waals surface area contributed by atoms with E-state index in [0.29, 0.717) is 19.4 Å². The maximum absolute atomic E-state index is 13.2. The Kier molecular flexibility index (Phi) is 9.57. The third-order valence-corrected chi connectivity index (χ3v) is 5.71. The molecule has 2 aromatic carbocycles. The van der Waals surface area contributed by atoms with Crippen molar-refractivity contribution in [2.24, 2.45) is 0 Å². The summed E-state index contributed by atoms with van der Waals surface area (Å²) < 4.78 is 5.31. The van der Waals surface area contributed by atoms with Crippen LogP contribution in [-0.2, 0) is 29.0 Å². The predicted molar refractivity (Wildman–Crippen MR) is 125 cm³/mol. The molecule has 1 N–H and O–H groups in total. The number of hydrogen-bond donors (Lipinski definition) is 1. The molecular weight excluding hydrogens is 388 g/mol. The summed E-state index contributed by atoms with van der Waals surface area (Å²) in [5.41, 5.74) is 3.34. The number of nitrogens with one attached hydrogen (secondary N) is 1. The maximum atomic E-state index is 13.2. The summed E-state index contributed by atoms with van der Waals surface area (Å²) in [5.74, 6) is 0.574. The van der Waals surface area contributed by atoms with Gasteiger partial charge in [-0.15, -0.1) is 0 Å². The van der Waals surface area contributed by atoms with Crippen LogP contribution < -0.4 is 10.1 Å². The Morgan fingerprint density at radius 1 is 1.00 bits per heavy atom. The summed E-state index contributed by atoms with van der Waals surface area (Å²) in [4.78, 5) is 27.7. The summed E-state index contributed by atoms with van der Waals surface area (Å²) in [6.45, 7) is 8.28. The normalized spacial score (nSPS) is 12.7. The largest absolute Gasteiger partial charge is 0.497 e. The fraction of sp³-hybridized carbons (Fsp3) is 0.462. The van der Waals surface area contributed by atoms with E-state index in [1.54, 1.807) is 18.9 Å². The van der Waals surface area contributed by atoms with Crippen molar-refractivity contribution < 1.29 is 14.3 Å². The van der Waals surface area contributed by atoms with Gasteiger partial charge in [0.25, 0.3) is 0 Å². The highest BCUT2D eigenvalue weighted by atomic mass is 16.5. The Balaban J connectivity index is 2.15. The summed E-state index contributed by atoms with van der Waals surface area (Å²) in [6, 6.07) is 15.5. The molecule has 2 rings (SSSR count). The molecule has 0 radical (unpaired) electrons. The number of hydrogen-bond acceptors (Lipinski definition) is 3. The van der Waals surface area contributed by atoms with Crippen LogP contribution in [0.25, 0.3) is 0 Å². The molecule has 0 aliphatic carbocycles. The third kappa shape index (κ3) is 7.42. The van der Waals surface area contributed by atoms with Gasteiger partial charge in [-0.25, -0.2) is 0 Å². The SMILES string of the molecule is CCc1ccc(CCC(=O)N(Cc2cccc(OC)c2)[C@H](C)C(=O)N[C@@H](C)CC)cc1. The van der Waals surface area contributed by atoms with Gasteiger partial charge in [0.1, 0.15) is 11.8 Å². The van der Waals surface area contributed by atoms with Gasteiger partial charge in [-0.1, -0.05) is 50.2 Å². The van der Waals surface area contributed by atoms with Crippen LogP contribution in [0.15, 0.2) is 48.5 Å². The first kappa shape index (κ1) is 24.4. The molecule has 0 fully saturated rings. The number of methoxy groups -OCH3 is 1. The summed E-state index contributed by atoms with van der Waals surface area (Å²) in [5, 5.41) is 3.00. The zero-order valence-electron chi connectivity index (χ0n) is 19.5. The van der Waals surface area contributed by atoms with Crippen molar-refractivity contribution in [3.05, 3.63) is 65.2 Å². The monoisotopic (exact) mass is 424 g/mol. The first-order valence-electron chi connectivity index (χ1n) is 11.2. The van der Waals surface area contributed by atoms with Crippen molar-refractivity contribution in [3.8, 4) is 5.75 Å². The second kappa shape index (κ2) is 12.1. The lowest BCUT2D eigenvalue weighted by atomic mass is 10.0. The minimum atomic E-state index is -0.560. The molecule has 0 saturated heterocycles. The Morgan fingerprint density at radius 2 is 1.68 bits per heavy atom. The lowest BCUT2D eigenvalue weighted by molar-refractivity contribution is -0.140. The van der Waals surface area contributed by atoms with Crippen molar-refractivity contribution in [3.63, 3.8) is 0 Å². The number of benzene rings is 2. The Bertz CT molecular complexity index is 848. The molecule has 0 bridgehead atoms. The first-order valence-corrected chi connectivity index (χ1v) is 11.2. The standard InChI is InChI=1S/C26H36N2O3/c1-6-19(3)27-26(30)20(4)28(18-23-9-8-10-24(17-23)31-5)25(29)16-15-22-13-11-21(7-2)12-14-22/h8-14,17,19-20H,6-7,15-16,18H2,1-5H3,(H,27,30)/t19-,20+/m0/s1. The number of aryl methyl sites for hydroxylation is 2. The quantitative estimate of drug-likeness (QED) is 0.577. The molecule has 0 aliphatic heterocycles. The van der Waals surface area contributed by atoms with E-state index in [9.17, 15) is 9.59 Å².